The number of fused-ring (bicyclic) bond motifs is 1. The number of hydrogen-bond donors (Lipinski definition) is 0. The Balaban J connectivity index is 1.92. The largest absolute Gasteiger partial charge is 0.331 e. The fourth-order valence-electron chi connectivity index (χ4n) is 4.01. The van der Waals surface area contributed by atoms with Crippen LogP contribution in [0.1, 0.15) is 48.4 Å². The lowest BCUT2D eigenvalue weighted by atomic mass is 9.85. The molecule has 0 saturated carbocycles. The highest BCUT2D eigenvalue weighted by Crippen LogP contribution is 2.38. The maximum atomic E-state index is 13.4. The number of benzene rings is 1. The Morgan fingerprint density at radius 1 is 1.19 bits per heavy atom. The number of rotatable bonds is 5. The zero-order valence-electron chi connectivity index (χ0n) is 19.2. The third-order valence-corrected chi connectivity index (χ3v) is 6.70. The lowest BCUT2D eigenvalue weighted by molar-refractivity contribution is -0.133. The highest BCUT2D eigenvalue weighted by atomic mass is 32.1. The molecule has 1 aromatic carbocycles. The molecule has 1 atom stereocenters. The molecule has 0 saturated heterocycles. The second-order valence-electron chi connectivity index (χ2n) is 9.26. The van der Waals surface area contributed by atoms with E-state index in [0.717, 1.165) is 12.0 Å². The Hall–Kier alpha value is -2.60. The van der Waals surface area contributed by atoms with Gasteiger partial charge in [0.2, 0.25) is 5.91 Å². The second-order valence-corrected chi connectivity index (χ2v) is 10.3. The first kappa shape index (κ1) is 23.1. The fraction of sp³-hybridized carbons (Fsp3) is 0.440. The summed E-state index contributed by atoms with van der Waals surface area (Å²) in [6, 6.07) is 10.4. The van der Waals surface area contributed by atoms with E-state index in [0.29, 0.717) is 13.1 Å². The molecule has 3 rings (SSSR count). The number of hydrogen-bond acceptors (Lipinski definition) is 3. The molecule has 1 aliphatic heterocycles. The van der Waals surface area contributed by atoms with Crippen LogP contribution in [-0.4, -0.2) is 60.4 Å². The predicted octanol–water partition coefficient (Wildman–Crippen LogP) is 4.69. The molecular formula is C25H33N3O2S. The topological polar surface area (TPSA) is 43.9 Å². The normalized spacial score (nSPS) is 15.9. The minimum absolute atomic E-state index is 0.0408. The van der Waals surface area contributed by atoms with E-state index >= 15 is 0 Å². The Kier molecular flexibility index (Phi) is 6.90. The van der Waals surface area contributed by atoms with Gasteiger partial charge in [-0.2, -0.15) is 0 Å². The number of carbonyl (C=O) groups is 2. The van der Waals surface area contributed by atoms with E-state index in [-0.39, 0.29) is 29.9 Å². The van der Waals surface area contributed by atoms with Crippen molar-refractivity contribution in [2.75, 3.05) is 33.7 Å². The Morgan fingerprint density at radius 2 is 1.87 bits per heavy atom. The summed E-state index contributed by atoms with van der Waals surface area (Å²) < 4.78 is 0. The average molecular weight is 440 g/mol. The van der Waals surface area contributed by atoms with Gasteiger partial charge in [0.25, 0.3) is 0 Å². The van der Waals surface area contributed by atoms with Crippen molar-refractivity contribution in [3.05, 3.63) is 69.9 Å². The zero-order chi connectivity index (χ0) is 22.8. The first-order valence-electron chi connectivity index (χ1n) is 10.7. The Morgan fingerprint density at radius 3 is 2.45 bits per heavy atom. The first-order valence-corrected chi connectivity index (χ1v) is 11.5. The van der Waals surface area contributed by atoms with Crippen LogP contribution in [-0.2, 0) is 16.6 Å². The van der Waals surface area contributed by atoms with Crippen LogP contribution in [0.25, 0.3) is 0 Å². The smallest absolute Gasteiger partial charge is 0.320 e. The number of thiophene rings is 1. The molecule has 0 radical (unpaired) electrons. The molecule has 0 fully saturated rings. The fourth-order valence-corrected chi connectivity index (χ4v) is 4.92. The minimum Gasteiger partial charge on any atom is -0.331 e. The molecule has 0 spiro atoms. The van der Waals surface area contributed by atoms with Gasteiger partial charge in [0.1, 0.15) is 6.54 Å². The van der Waals surface area contributed by atoms with Crippen LogP contribution in [0.5, 0.6) is 0 Å². The van der Waals surface area contributed by atoms with Gasteiger partial charge in [-0.25, -0.2) is 4.79 Å². The SMILES string of the molecule is C=CCN(CC(=O)N1CCc2sccc2C1c1ccc(C(C)(C)C)cc1)C(=O)N(C)C. The average Bonchev–Trinajstić information content (AvgIpc) is 3.20. The van der Waals surface area contributed by atoms with Crippen molar-refractivity contribution in [3.63, 3.8) is 0 Å². The van der Waals surface area contributed by atoms with Gasteiger partial charge in [-0.3, -0.25) is 4.79 Å². The standard InChI is InChI=1S/C25H33N3O2S/c1-7-14-27(24(30)26(5)6)17-22(29)28-15-12-21-20(13-16-31-21)23(28)18-8-10-19(11-9-18)25(2,3)4/h7-11,13,16,23H,1,12,14-15,17H2,2-6H3. The molecule has 6 heteroatoms. The second kappa shape index (κ2) is 9.27. The Bertz CT molecular complexity index is 940. The van der Waals surface area contributed by atoms with Gasteiger partial charge < -0.3 is 14.7 Å². The van der Waals surface area contributed by atoms with Gasteiger partial charge in [-0.1, -0.05) is 51.1 Å². The summed E-state index contributed by atoms with van der Waals surface area (Å²) in [6.45, 7) is 11.4. The van der Waals surface area contributed by atoms with Crippen LogP contribution in [0.3, 0.4) is 0 Å². The van der Waals surface area contributed by atoms with Crippen LogP contribution in [0.15, 0.2) is 48.4 Å². The molecule has 31 heavy (non-hydrogen) atoms. The molecule has 1 unspecified atom stereocenters. The van der Waals surface area contributed by atoms with Gasteiger partial charge in [0, 0.05) is 32.1 Å². The van der Waals surface area contributed by atoms with Crippen LogP contribution in [0.4, 0.5) is 4.79 Å². The summed E-state index contributed by atoms with van der Waals surface area (Å²) in [5.74, 6) is -0.0428. The van der Waals surface area contributed by atoms with Crippen molar-refractivity contribution in [2.45, 2.75) is 38.6 Å². The molecule has 2 aromatic rings. The molecule has 0 aliphatic carbocycles. The lowest BCUT2D eigenvalue weighted by Crippen LogP contribution is -2.48. The van der Waals surface area contributed by atoms with Crippen molar-refractivity contribution >= 4 is 23.3 Å². The maximum absolute atomic E-state index is 13.4. The maximum Gasteiger partial charge on any atom is 0.320 e. The molecule has 5 nitrogen and oxygen atoms in total. The van der Waals surface area contributed by atoms with Crippen molar-refractivity contribution in [2.24, 2.45) is 0 Å². The Labute approximate surface area is 190 Å². The minimum atomic E-state index is -0.187. The van der Waals surface area contributed by atoms with Crippen LogP contribution >= 0.6 is 11.3 Å². The molecule has 0 N–H and O–H groups in total. The van der Waals surface area contributed by atoms with Gasteiger partial charge in [0.05, 0.1) is 6.04 Å². The summed E-state index contributed by atoms with van der Waals surface area (Å²) in [5, 5.41) is 2.11. The summed E-state index contributed by atoms with van der Waals surface area (Å²) in [7, 11) is 3.39. The number of urea groups is 1. The third kappa shape index (κ3) is 5.01. The quantitative estimate of drug-likeness (QED) is 0.635. The van der Waals surface area contributed by atoms with Crippen LogP contribution in [0.2, 0.25) is 0 Å². The van der Waals surface area contributed by atoms with E-state index in [1.54, 1.807) is 31.5 Å². The predicted molar refractivity (Wildman–Crippen MR) is 128 cm³/mol. The van der Waals surface area contributed by atoms with E-state index in [4.69, 9.17) is 0 Å². The number of carbonyl (C=O) groups excluding carboxylic acids is 2. The molecule has 0 bridgehead atoms. The van der Waals surface area contributed by atoms with Gasteiger partial charge in [-0.15, -0.1) is 17.9 Å². The van der Waals surface area contributed by atoms with Gasteiger partial charge in [-0.05, 0) is 40.0 Å². The van der Waals surface area contributed by atoms with Gasteiger partial charge in [0.15, 0.2) is 0 Å². The highest BCUT2D eigenvalue weighted by Gasteiger charge is 2.34. The molecule has 1 aromatic heterocycles. The van der Waals surface area contributed by atoms with E-state index in [2.05, 4.69) is 63.1 Å². The van der Waals surface area contributed by atoms with Crippen molar-refractivity contribution in [1.29, 1.82) is 0 Å². The summed E-state index contributed by atoms with van der Waals surface area (Å²) >= 11 is 1.75. The van der Waals surface area contributed by atoms with Crippen LogP contribution < -0.4 is 0 Å². The molecule has 3 amide bonds. The third-order valence-electron chi connectivity index (χ3n) is 5.71. The van der Waals surface area contributed by atoms with Gasteiger partial charge >= 0.3 is 6.03 Å². The zero-order valence-corrected chi connectivity index (χ0v) is 20.0. The summed E-state index contributed by atoms with van der Waals surface area (Å²) in [6.07, 6.45) is 2.50. The van der Waals surface area contributed by atoms with Crippen LogP contribution in [0, 0.1) is 0 Å². The number of amides is 3. The molecular weight excluding hydrogens is 406 g/mol. The van der Waals surface area contributed by atoms with E-state index in [1.165, 1.54) is 25.8 Å². The van der Waals surface area contributed by atoms with Crippen molar-refractivity contribution < 1.29 is 9.59 Å². The highest BCUT2D eigenvalue weighted by molar-refractivity contribution is 7.10. The summed E-state index contributed by atoms with van der Waals surface area (Å²) in [5.41, 5.74) is 3.65. The first-order chi connectivity index (χ1) is 14.6. The van der Waals surface area contributed by atoms with Crippen molar-refractivity contribution in [1.82, 2.24) is 14.7 Å². The lowest BCUT2D eigenvalue weighted by Gasteiger charge is -2.38. The van der Waals surface area contributed by atoms with E-state index < -0.39 is 0 Å². The summed E-state index contributed by atoms with van der Waals surface area (Å²) in [4.78, 5) is 32.3. The number of nitrogens with zero attached hydrogens (tertiary/aromatic N) is 3. The molecule has 1 aliphatic rings. The van der Waals surface area contributed by atoms with E-state index in [1.807, 2.05) is 4.90 Å². The molecule has 166 valence electrons. The monoisotopic (exact) mass is 439 g/mol. The van der Waals surface area contributed by atoms with E-state index in [9.17, 15) is 9.59 Å². The molecule has 2 heterocycles. The van der Waals surface area contributed by atoms with Crippen molar-refractivity contribution in [3.8, 4) is 0 Å².